The first-order valence-electron chi connectivity index (χ1n) is 6.48. The van der Waals surface area contributed by atoms with Crippen molar-refractivity contribution in [3.05, 3.63) is 24.4 Å². The van der Waals surface area contributed by atoms with E-state index in [9.17, 15) is 5.11 Å². The monoisotopic (exact) mass is 264 g/mol. The Kier molecular flexibility index (Phi) is 5.11. The Morgan fingerprint density at radius 3 is 3.11 bits per heavy atom. The summed E-state index contributed by atoms with van der Waals surface area (Å²) in [5.41, 5.74) is 5.69. The molecular formula is C13H20N4O2. The summed E-state index contributed by atoms with van der Waals surface area (Å²) in [4.78, 5) is 8.11. The van der Waals surface area contributed by atoms with Crippen LogP contribution in [0.5, 0.6) is 0 Å². The molecular weight excluding hydrogens is 244 g/mol. The number of anilines is 1. The van der Waals surface area contributed by atoms with Gasteiger partial charge in [-0.05, 0) is 30.9 Å². The first-order valence-corrected chi connectivity index (χ1v) is 6.48. The largest absolute Gasteiger partial charge is 0.389 e. The van der Waals surface area contributed by atoms with E-state index in [4.69, 9.17) is 10.5 Å². The van der Waals surface area contributed by atoms with E-state index < -0.39 is 6.10 Å². The number of nitrogens with two attached hydrogens (primary N) is 1. The number of aliphatic imine (C=N–C) groups is 1. The number of aliphatic hydroxyl groups excluding tert-OH is 1. The van der Waals surface area contributed by atoms with E-state index in [1.165, 1.54) is 12.8 Å². The van der Waals surface area contributed by atoms with E-state index in [-0.39, 0.29) is 12.5 Å². The maximum Gasteiger partial charge on any atom is 0.194 e. The van der Waals surface area contributed by atoms with Gasteiger partial charge in [0, 0.05) is 12.8 Å². The Bertz CT molecular complexity index is 406. The number of aliphatic hydroxyl groups is 1. The van der Waals surface area contributed by atoms with Crippen molar-refractivity contribution in [3.8, 4) is 0 Å². The van der Waals surface area contributed by atoms with Gasteiger partial charge in [-0.15, -0.1) is 0 Å². The number of nitrogens with one attached hydrogen (secondary N) is 1. The van der Waals surface area contributed by atoms with Gasteiger partial charge in [-0.25, -0.2) is 4.98 Å². The number of hydrogen-bond acceptors (Lipinski definition) is 4. The van der Waals surface area contributed by atoms with Crippen LogP contribution in [0.1, 0.15) is 12.8 Å². The van der Waals surface area contributed by atoms with Gasteiger partial charge in [0.25, 0.3) is 0 Å². The van der Waals surface area contributed by atoms with Gasteiger partial charge >= 0.3 is 0 Å². The number of rotatable bonds is 7. The number of hydrogen-bond donors (Lipinski definition) is 3. The highest BCUT2D eigenvalue weighted by molar-refractivity contribution is 5.91. The molecule has 0 saturated heterocycles. The number of aromatic nitrogens is 1. The van der Waals surface area contributed by atoms with Gasteiger partial charge in [0.1, 0.15) is 5.82 Å². The highest BCUT2D eigenvalue weighted by Gasteiger charge is 2.21. The zero-order valence-corrected chi connectivity index (χ0v) is 10.8. The Morgan fingerprint density at radius 1 is 1.58 bits per heavy atom. The Hall–Kier alpha value is -1.66. The zero-order valence-electron chi connectivity index (χ0n) is 10.8. The van der Waals surface area contributed by atoms with Crippen LogP contribution in [0.3, 0.4) is 0 Å². The molecule has 1 aliphatic rings. The average molecular weight is 264 g/mol. The van der Waals surface area contributed by atoms with Crippen LogP contribution < -0.4 is 11.1 Å². The average Bonchev–Trinajstić information content (AvgIpc) is 3.22. The van der Waals surface area contributed by atoms with Crippen molar-refractivity contribution in [2.45, 2.75) is 18.9 Å². The van der Waals surface area contributed by atoms with Crippen LogP contribution in [-0.2, 0) is 4.74 Å². The van der Waals surface area contributed by atoms with E-state index in [1.54, 1.807) is 12.3 Å². The second kappa shape index (κ2) is 7.06. The highest BCUT2D eigenvalue weighted by Crippen LogP contribution is 2.28. The van der Waals surface area contributed by atoms with Gasteiger partial charge in [0.05, 0.1) is 19.3 Å². The molecule has 1 atom stereocenters. The van der Waals surface area contributed by atoms with Crippen LogP contribution in [0.4, 0.5) is 5.82 Å². The minimum Gasteiger partial charge on any atom is -0.389 e. The molecule has 0 aromatic carbocycles. The predicted octanol–water partition coefficient (Wildman–Crippen LogP) is 0.596. The lowest BCUT2D eigenvalue weighted by molar-refractivity contribution is 0.0369. The summed E-state index contributed by atoms with van der Waals surface area (Å²) in [5, 5.41) is 12.5. The SMILES string of the molecule is NC(=NCC(O)COCC1CC1)Nc1ccccn1. The van der Waals surface area contributed by atoms with E-state index in [0.717, 1.165) is 6.61 Å². The summed E-state index contributed by atoms with van der Waals surface area (Å²) < 4.78 is 5.38. The smallest absolute Gasteiger partial charge is 0.194 e. The molecule has 6 heteroatoms. The first-order chi connectivity index (χ1) is 9.24. The molecule has 0 bridgehead atoms. The summed E-state index contributed by atoms with van der Waals surface area (Å²) in [6.45, 7) is 1.26. The van der Waals surface area contributed by atoms with Gasteiger partial charge in [0.15, 0.2) is 5.96 Å². The topological polar surface area (TPSA) is 92.8 Å². The van der Waals surface area contributed by atoms with Crippen LogP contribution in [0.15, 0.2) is 29.4 Å². The van der Waals surface area contributed by atoms with Crippen molar-refractivity contribution in [1.82, 2.24) is 4.98 Å². The van der Waals surface area contributed by atoms with Gasteiger partial charge in [-0.1, -0.05) is 6.07 Å². The van der Waals surface area contributed by atoms with E-state index in [0.29, 0.717) is 18.3 Å². The Morgan fingerprint density at radius 2 is 2.42 bits per heavy atom. The molecule has 4 N–H and O–H groups in total. The van der Waals surface area contributed by atoms with Crippen molar-refractivity contribution in [1.29, 1.82) is 0 Å². The summed E-state index contributed by atoms with van der Waals surface area (Å²) in [6.07, 6.45) is 3.53. The molecule has 6 nitrogen and oxygen atoms in total. The van der Waals surface area contributed by atoms with E-state index in [2.05, 4.69) is 15.3 Å². The summed E-state index contributed by atoms with van der Waals surface area (Å²) in [6, 6.07) is 5.46. The van der Waals surface area contributed by atoms with Gasteiger partial charge in [-0.2, -0.15) is 0 Å². The number of nitrogens with zero attached hydrogens (tertiary/aromatic N) is 2. The molecule has 0 aliphatic heterocycles. The van der Waals surface area contributed by atoms with Crippen LogP contribution in [0.2, 0.25) is 0 Å². The fourth-order valence-electron chi connectivity index (χ4n) is 1.52. The van der Waals surface area contributed by atoms with Gasteiger partial charge in [-0.3, -0.25) is 4.99 Å². The summed E-state index contributed by atoms with van der Waals surface area (Å²) in [5.74, 6) is 1.56. The van der Waals surface area contributed by atoms with Crippen molar-refractivity contribution >= 4 is 11.8 Å². The fraction of sp³-hybridized carbons (Fsp3) is 0.538. The first kappa shape index (κ1) is 13.8. The molecule has 1 unspecified atom stereocenters. The van der Waals surface area contributed by atoms with Crippen molar-refractivity contribution in [3.63, 3.8) is 0 Å². The minimum atomic E-state index is -0.622. The molecule has 1 saturated carbocycles. The maximum absolute atomic E-state index is 9.67. The normalized spacial score (nSPS) is 17.2. The lowest BCUT2D eigenvalue weighted by Gasteiger charge is -2.09. The van der Waals surface area contributed by atoms with Gasteiger partial charge in [0.2, 0.25) is 0 Å². The van der Waals surface area contributed by atoms with Crippen LogP contribution in [0.25, 0.3) is 0 Å². The third-order valence-electron chi connectivity index (χ3n) is 2.75. The van der Waals surface area contributed by atoms with E-state index >= 15 is 0 Å². The quantitative estimate of drug-likeness (QED) is 0.495. The van der Waals surface area contributed by atoms with Crippen LogP contribution in [0, 0.1) is 5.92 Å². The molecule has 1 aliphatic carbocycles. The third kappa shape index (κ3) is 5.67. The van der Waals surface area contributed by atoms with Crippen LogP contribution >= 0.6 is 0 Å². The molecule has 1 fully saturated rings. The minimum absolute atomic E-state index is 0.219. The fourth-order valence-corrected chi connectivity index (χ4v) is 1.52. The lowest BCUT2D eigenvalue weighted by atomic mass is 10.4. The van der Waals surface area contributed by atoms with Crippen molar-refractivity contribution in [2.75, 3.05) is 25.1 Å². The number of pyridine rings is 1. The molecule has 1 aromatic heterocycles. The Labute approximate surface area is 112 Å². The zero-order chi connectivity index (χ0) is 13.5. The highest BCUT2D eigenvalue weighted by atomic mass is 16.5. The predicted molar refractivity (Wildman–Crippen MR) is 73.9 cm³/mol. The molecule has 0 amide bonds. The Balaban J connectivity index is 1.65. The number of ether oxygens (including phenoxy) is 1. The molecule has 19 heavy (non-hydrogen) atoms. The summed E-state index contributed by atoms with van der Waals surface area (Å²) in [7, 11) is 0. The standard InChI is InChI=1S/C13H20N4O2/c14-13(17-12-3-1-2-6-15-12)16-7-11(18)9-19-8-10-4-5-10/h1-3,6,10-11,18H,4-5,7-9H2,(H3,14,15,16,17). The lowest BCUT2D eigenvalue weighted by Crippen LogP contribution is -2.27. The number of guanidine groups is 1. The maximum atomic E-state index is 9.67. The van der Waals surface area contributed by atoms with E-state index in [1.807, 2.05) is 12.1 Å². The molecule has 0 radical (unpaired) electrons. The third-order valence-corrected chi connectivity index (χ3v) is 2.75. The van der Waals surface area contributed by atoms with Crippen LogP contribution in [-0.4, -0.2) is 41.9 Å². The van der Waals surface area contributed by atoms with Gasteiger partial charge < -0.3 is 20.9 Å². The summed E-state index contributed by atoms with van der Waals surface area (Å²) >= 11 is 0. The van der Waals surface area contributed by atoms with Crippen molar-refractivity contribution < 1.29 is 9.84 Å². The molecule has 1 aromatic rings. The van der Waals surface area contributed by atoms with Crippen molar-refractivity contribution in [2.24, 2.45) is 16.6 Å². The second-order valence-electron chi connectivity index (χ2n) is 4.70. The molecule has 0 spiro atoms. The molecule has 2 rings (SSSR count). The second-order valence-corrected chi connectivity index (χ2v) is 4.70. The molecule has 104 valence electrons. The molecule has 1 heterocycles.